The van der Waals surface area contributed by atoms with Crippen molar-refractivity contribution in [1.82, 2.24) is 4.98 Å². The molecule has 0 aliphatic carbocycles. The molecule has 1 aromatic rings. The highest BCUT2D eigenvalue weighted by molar-refractivity contribution is 5.64. The predicted molar refractivity (Wildman–Crippen MR) is 69.0 cm³/mol. The van der Waals surface area contributed by atoms with Crippen molar-refractivity contribution in [3.63, 3.8) is 0 Å². The maximum atomic E-state index is 10.1. The SMILES string of the molecule is COCCC(C)(O)CNc1nccc(C)c1N. The molecule has 17 heavy (non-hydrogen) atoms. The molecule has 0 bridgehead atoms. The van der Waals surface area contributed by atoms with E-state index in [1.54, 1.807) is 20.2 Å². The van der Waals surface area contributed by atoms with Gasteiger partial charge in [0.15, 0.2) is 0 Å². The molecule has 5 heteroatoms. The first kappa shape index (κ1) is 13.7. The van der Waals surface area contributed by atoms with Crippen LogP contribution in [0.2, 0.25) is 0 Å². The molecule has 0 amide bonds. The van der Waals surface area contributed by atoms with E-state index in [1.165, 1.54) is 0 Å². The number of methoxy groups -OCH3 is 1. The summed E-state index contributed by atoms with van der Waals surface area (Å²) in [6.07, 6.45) is 2.25. The van der Waals surface area contributed by atoms with Gasteiger partial charge >= 0.3 is 0 Å². The first-order valence-corrected chi connectivity index (χ1v) is 5.62. The first-order valence-electron chi connectivity index (χ1n) is 5.62. The number of hydrogen-bond acceptors (Lipinski definition) is 5. The Morgan fingerprint density at radius 3 is 2.94 bits per heavy atom. The van der Waals surface area contributed by atoms with Gasteiger partial charge in [-0.05, 0) is 25.5 Å². The number of aryl methyl sites for hydroxylation is 1. The molecule has 1 rings (SSSR count). The number of pyridine rings is 1. The Morgan fingerprint density at radius 1 is 1.59 bits per heavy atom. The lowest BCUT2D eigenvalue weighted by molar-refractivity contribution is 0.0357. The van der Waals surface area contributed by atoms with Gasteiger partial charge in [-0.1, -0.05) is 0 Å². The van der Waals surface area contributed by atoms with Crippen LogP contribution in [-0.4, -0.2) is 36.0 Å². The van der Waals surface area contributed by atoms with E-state index in [1.807, 2.05) is 13.0 Å². The Morgan fingerprint density at radius 2 is 2.29 bits per heavy atom. The zero-order valence-electron chi connectivity index (χ0n) is 10.7. The Labute approximate surface area is 102 Å². The molecule has 1 heterocycles. The van der Waals surface area contributed by atoms with Gasteiger partial charge in [0.2, 0.25) is 0 Å². The molecule has 1 aromatic heterocycles. The summed E-state index contributed by atoms with van der Waals surface area (Å²) in [5.74, 6) is 0.614. The van der Waals surface area contributed by atoms with Crippen LogP contribution in [0.4, 0.5) is 11.5 Å². The molecule has 1 atom stereocenters. The molecule has 96 valence electrons. The minimum atomic E-state index is -0.839. The molecule has 5 nitrogen and oxygen atoms in total. The lowest BCUT2D eigenvalue weighted by atomic mass is 10.0. The first-order chi connectivity index (χ1) is 7.96. The summed E-state index contributed by atoms with van der Waals surface area (Å²) < 4.78 is 4.94. The maximum absolute atomic E-state index is 10.1. The van der Waals surface area contributed by atoms with E-state index in [4.69, 9.17) is 10.5 Å². The minimum absolute atomic E-state index is 0.386. The fraction of sp³-hybridized carbons (Fsp3) is 0.583. The molecular weight excluding hydrogens is 218 g/mol. The normalized spacial score (nSPS) is 14.4. The van der Waals surface area contributed by atoms with Crippen molar-refractivity contribution in [3.05, 3.63) is 17.8 Å². The highest BCUT2D eigenvalue weighted by Crippen LogP contribution is 2.20. The van der Waals surface area contributed by atoms with Crippen molar-refractivity contribution in [3.8, 4) is 0 Å². The molecule has 0 fully saturated rings. The molecule has 0 saturated heterocycles. The van der Waals surface area contributed by atoms with Crippen LogP contribution in [-0.2, 0) is 4.74 Å². The standard InChI is InChI=1S/C12H21N3O2/c1-9-4-6-14-11(10(9)13)15-8-12(2,16)5-7-17-3/h4,6,16H,5,7-8,13H2,1-3H3,(H,14,15). The number of rotatable bonds is 6. The fourth-order valence-corrected chi connectivity index (χ4v) is 1.40. The van der Waals surface area contributed by atoms with Gasteiger partial charge in [0.05, 0.1) is 11.3 Å². The number of aromatic nitrogens is 1. The van der Waals surface area contributed by atoms with Crippen molar-refractivity contribution in [2.24, 2.45) is 0 Å². The fourth-order valence-electron chi connectivity index (χ4n) is 1.40. The minimum Gasteiger partial charge on any atom is -0.396 e. The highest BCUT2D eigenvalue weighted by atomic mass is 16.5. The largest absolute Gasteiger partial charge is 0.396 e. The molecule has 0 aliphatic heterocycles. The van der Waals surface area contributed by atoms with Gasteiger partial charge in [-0.25, -0.2) is 4.98 Å². The molecule has 0 radical (unpaired) electrons. The molecule has 0 saturated carbocycles. The molecule has 1 unspecified atom stereocenters. The van der Waals surface area contributed by atoms with Crippen LogP contribution in [0.25, 0.3) is 0 Å². The van der Waals surface area contributed by atoms with E-state index in [2.05, 4.69) is 10.3 Å². The third-order valence-electron chi connectivity index (χ3n) is 2.69. The summed E-state index contributed by atoms with van der Waals surface area (Å²) in [4.78, 5) is 4.14. The molecule has 0 aromatic carbocycles. The molecule has 4 N–H and O–H groups in total. The van der Waals surface area contributed by atoms with Crippen LogP contribution < -0.4 is 11.1 Å². The number of nitrogen functional groups attached to an aromatic ring is 1. The molecule has 0 aliphatic rings. The summed E-state index contributed by atoms with van der Waals surface area (Å²) in [5.41, 5.74) is 6.63. The lowest BCUT2D eigenvalue weighted by Gasteiger charge is -2.24. The van der Waals surface area contributed by atoms with Gasteiger partial charge in [-0.15, -0.1) is 0 Å². The van der Waals surface area contributed by atoms with E-state index in [9.17, 15) is 5.11 Å². The third-order valence-corrected chi connectivity index (χ3v) is 2.69. The van der Waals surface area contributed by atoms with Crippen LogP contribution in [0.15, 0.2) is 12.3 Å². The summed E-state index contributed by atoms with van der Waals surface area (Å²) >= 11 is 0. The summed E-state index contributed by atoms with van der Waals surface area (Å²) in [6.45, 7) is 4.58. The Bertz CT molecular complexity index is 367. The van der Waals surface area contributed by atoms with E-state index in [-0.39, 0.29) is 0 Å². The van der Waals surface area contributed by atoms with Crippen molar-refractivity contribution in [1.29, 1.82) is 0 Å². The number of ether oxygens (including phenoxy) is 1. The number of anilines is 2. The summed E-state index contributed by atoms with van der Waals surface area (Å²) in [5, 5.41) is 13.1. The average Bonchev–Trinajstić information content (AvgIpc) is 2.29. The van der Waals surface area contributed by atoms with E-state index in [0.29, 0.717) is 31.1 Å². The second kappa shape index (κ2) is 5.84. The van der Waals surface area contributed by atoms with Gasteiger partial charge in [0.1, 0.15) is 5.82 Å². The average molecular weight is 239 g/mol. The van der Waals surface area contributed by atoms with E-state index >= 15 is 0 Å². The van der Waals surface area contributed by atoms with Crippen molar-refractivity contribution in [2.45, 2.75) is 25.9 Å². The van der Waals surface area contributed by atoms with Crippen molar-refractivity contribution >= 4 is 11.5 Å². The Hall–Kier alpha value is -1.33. The van der Waals surface area contributed by atoms with Gasteiger partial charge in [-0.2, -0.15) is 0 Å². The van der Waals surface area contributed by atoms with Crippen molar-refractivity contribution < 1.29 is 9.84 Å². The van der Waals surface area contributed by atoms with Crippen LogP contribution in [0, 0.1) is 6.92 Å². The number of nitrogens with one attached hydrogen (secondary N) is 1. The lowest BCUT2D eigenvalue weighted by Crippen LogP contribution is -2.35. The van der Waals surface area contributed by atoms with Gasteiger partial charge in [0.25, 0.3) is 0 Å². The number of nitrogens with zero attached hydrogens (tertiary/aromatic N) is 1. The Kier molecular flexibility index (Phi) is 4.72. The van der Waals surface area contributed by atoms with E-state index < -0.39 is 5.60 Å². The summed E-state index contributed by atoms with van der Waals surface area (Å²) in [6, 6.07) is 1.85. The second-order valence-corrected chi connectivity index (χ2v) is 4.48. The zero-order chi connectivity index (χ0) is 12.9. The van der Waals surface area contributed by atoms with Crippen LogP contribution >= 0.6 is 0 Å². The van der Waals surface area contributed by atoms with Crippen LogP contribution in [0.3, 0.4) is 0 Å². The van der Waals surface area contributed by atoms with Crippen molar-refractivity contribution in [2.75, 3.05) is 31.3 Å². The highest BCUT2D eigenvalue weighted by Gasteiger charge is 2.20. The van der Waals surface area contributed by atoms with Gasteiger partial charge in [-0.3, -0.25) is 0 Å². The third kappa shape index (κ3) is 4.20. The van der Waals surface area contributed by atoms with Crippen LogP contribution in [0.5, 0.6) is 0 Å². The number of nitrogens with two attached hydrogens (primary N) is 1. The monoisotopic (exact) mass is 239 g/mol. The van der Waals surface area contributed by atoms with E-state index in [0.717, 1.165) is 5.56 Å². The number of hydrogen-bond donors (Lipinski definition) is 3. The Balaban J connectivity index is 2.58. The molecule has 0 spiro atoms. The zero-order valence-corrected chi connectivity index (χ0v) is 10.7. The van der Waals surface area contributed by atoms with Gasteiger partial charge < -0.3 is 20.9 Å². The van der Waals surface area contributed by atoms with Crippen LogP contribution in [0.1, 0.15) is 18.9 Å². The summed E-state index contributed by atoms with van der Waals surface area (Å²) in [7, 11) is 1.61. The second-order valence-electron chi connectivity index (χ2n) is 4.48. The topological polar surface area (TPSA) is 80.4 Å². The molecular formula is C12H21N3O2. The maximum Gasteiger partial charge on any atom is 0.149 e. The number of aliphatic hydroxyl groups is 1. The quantitative estimate of drug-likeness (QED) is 0.694. The van der Waals surface area contributed by atoms with Gasteiger partial charge in [0, 0.05) is 32.9 Å². The predicted octanol–water partition coefficient (Wildman–Crippen LogP) is 1.17. The smallest absolute Gasteiger partial charge is 0.149 e.